The van der Waals surface area contributed by atoms with Gasteiger partial charge in [-0.1, -0.05) is 18.9 Å². The maximum atomic E-state index is 12.0. The van der Waals surface area contributed by atoms with E-state index < -0.39 is 0 Å². The van der Waals surface area contributed by atoms with E-state index in [0.717, 1.165) is 25.9 Å². The molecule has 1 amide bonds. The molecule has 0 radical (unpaired) electrons. The molecule has 1 saturated heterocycles. The van der Waals surface area contributed by atoms with E-state index in [1.165, 1.54) is 23.5 Å². The van der Waals surface area contributed by atoms with Gasteiger partial charge in [0.25, 0.3) is 5.56 Å². The zero-order chi connectivity index (χ0) is 12.1. The number of pyridine rings is 1. The SMILES string of the molecule is O=C(Cn1ccccc1=O)N1CCCCCC1. The number of carbonyl (C=O) groups is 1. The van der Waals surface area contributed by atoms with Crippen molar-refractivity contribution >= 4 is 5.91 Å². The van der Waals surface area contributed by atoms with Gasteiger partial charge in [0.05, 0.1) is 0 Å². The molecule has 2 rings (SSSR count). The monoisotopic (exact) mass is 234 g/mol. The van der Waals surface area contributed by atoms with Crippen LogP contribution in [0.2, 0.25) is 0 Å². The Bertz CT molecular complexity index is 431. The molecule has 1 aliphatic heterocycles. The van der Waals surface area contributed by atoms with E-state index in [4.69, 9.17) is 0 Å². The molecule has 0 bridgehead atoms. The minimum atomic E-state index is -0.115. The molecule has 4 nitrogen and oxygen atoms in total. The first-order valence-corrected chi connectivity index (χ1v) is 6.20. The largest absolute Gasteiger partial charge is 0.341 e. The Morgan fingerprint density at radius 3 is 2.47 bits per heavy atom. The summed E-state index contributed by atoms with van der Waals surface area (Å²) in [6.45, 7) is 1.83. The molecule has 0 unspecified atom stereocenters. The van der Waals surface area contributed by atoms with Crippen molar-refractivity contribution in [2.75, 3.05) is 13.1 Å². The Morgan fingerprint density at radius 2 is 1.82 bits per heavy atom. The molecule has 17 heavy (non-hydrogen) atoms. The maximum absolute atomic E-state index is 12.0. The summed E-state index contributed by atoms with van der Waals surface area (Å²) in [7, 11) is 0. The fourth-order valence-corrected chi connectivity index (χ4v) is 2.16. The molecule has 4 heteroatoms. The number of carbonyl (C=O) groups excluding carboxylic acids is 1. The lowest BCUT2D eigenvalue weighted by Gasteiger charge is -2.20. The highest BCUT2D eigenvalue weighted by molar-refractivity contribution is 5.76. The first-order valence-electron chi connectivity index (χ1n) is 6.20. The number of aromatic nitrogens is 1. The van der Waals surface area contributed by atoms with E-state index >= 15 is 0 Å². The molecule has 0 N–H and O–H groups in total. The van der Waals surface area contributed by atoms with Crippen molar-refractivity contribution in [3.8, 4) is 0 Å². The van der Waals surface area contributed by atoms with Gasteiger partial charge in [-0.15, -0.1) is 0 Å². The second-order valence-corrected chi connectivity index (χ2v) is 4.46. The van der Waals surface area contributed by atoms with Gasteiger partial charge < -0.3 is 9.47 Å². The Hall–Kier alpha value is -1.58. The van der Waals surface area contributed by atoms with E-state index in [9.17, 15) is 9.59 Å². The van der Waals surface area contributed by atoms with E-state index in [2.05, 4.69) is 0 Å². The number of likely N-dealkylation sites (tertiary alicyclic amines) is 1. The van der Waals surface area contributed by atoms with Crippen LogP contribution in [0.15, 0.2) is 29.2 Å². The van der Waals surface area contributed by atoms with Crippen molar-refractivity contribution in [3.63, 3.8) is 0 Å². The van der Waals surface area contributed by atoms with Crippen LogP contribution in [0.3, 0.4) is 0 Å². The van der Waals surface area contributed by atoms with Gasteiger partial charge in [0.15, 0.2) is 0 Å². The van der Waals surface area contributed by atoms with E-state index in [-0.39, 0.29) is 18.0 Å². The molecule has 0 aliphatic carbocycles. The van der Waals surface area contributed by atoms with E-state index in [0.29, 0.717) is 0 Å². The molecular formula is C13H18N2O2. The summed E-state index contributed by atoms with van der Waals surface area (Å²) >= 11 is 0. The van der Waals surface area contributed by atoms with Crippen LogP contribution in [-0.2, 0) is 11.3 Å². The Balaban J connectivity index is 2.01. The van der Waals surface area contributed by atoms with Gasteiger partial charge in [0, 0.05) is 25.4 Å². The lowest BCUT2D eigenvalue weighted by molar-refractivity contribution is -0.131. The van der Waals surface area contributed by atoms with Crippen LogP contribution in [0.1, 0.15) is 25.7 Å². The standard InChI is InChI=1S/C13H18N2O2/c16-12-7-3-6-10-15(12)11-13(17)14-8-4-1-2-5-9-14/h3,6-7,10H,1-2,4-5,8-9,11H2. The highest BCUT2D eigenvalue weighted by Gasteiger charge is 2.15. The van der Waals surface area contributed by atoms with Crippen LogP contribution in [-0.4, -0.2) is 28.5 Å². The van der Waals surface area contributed by atoms with Gasteiger partial charge in [-0.3, -0.25) is 9.59 Å². The Kier molecular flexibility index (Phi) is 3.96. The number of hydrogen-bond donors (Lipinski definition) is 0. The lowest BCUT2D eigenvalue weighted by Crippen LogP contribution is -2.36. The van der Waals surface area contributed by atoms with Crippen LogP contribution < -0.4 is 5.56 Å². The fourth-order valence-electron chi connectivity index (χ4n) is 2.16. The second-order valence-electron chi connectivity index (χ2n) is 4.46. The Labute approximate surface area is 101 Å². The molecule has 1 aromatic rings. The van der Waals surface area contributed by atoms with Crippen molar-refractivity contribution in [2.45, 2.75) is 32.2 Å². The third-order valence-electron chi connectivity index (χ3n) is 3.16. The minimum Gasteiger partial charge on any atom is -0.341 e. The molecule has 0 atom stereocenters. The third-order valence-corrected chi connectivity index (χ3v) is 3.16. The summed E-state index contributed by atoms with van der Waals surface area (Å²) in [5.74, 6) is 0.0557. The summed E-state index contributed by atoms with van der Waals surface area (Å²) in [5.41, 5.74) is -0.115. The summed E-state index contributed by atoms with van der Waals surface area (Å²) in [4.78, 5) is 25.4. The summed E-state index contributed by atoms with van der Waals surface area (Å²) < 4.78 is 1.47. The Morgan fingerprint density at radius 1 is 1.12 bits per heavy atom. The third kappa shape index (κ3) is 3.19. The van der Waals surface area contributed by atoms with Crippen molar-refractivity contribution in [2.24, 2.45) is 0 Å². The summed E-state index contributed by atoms with van der Waals surface area (Å²) in [5, 5.41) is 0. The molecule has 1 aromatic heterocycles. The highest BCUT2D eigenvalue weighted by Crippen LogP contribution is 2.09. The van der Waals surface area contributed by atoms with Gasteiger partial charge in [0.1, 0.15) is 6.54 Å². The first-order chi connectivity index (χ1) is 8.27. The van der Waals surface area contributed by atoms with Gasteiger partial charge >= 0.3 is 0 Å². The quantitative estimate of drug-likeness (QED) is 0.773. The average Bonchev–Trinajstić information content (AvgIpc) is 2.61. The summed E-state index contributed by atoms with van der Waals surface area (Å²) in [6.07, 6.45) is 6.23. The van der Waals surface area contributed by atoms with Crippen molar-refractivity contribution in [1.82, 2.24) is 9.47 Å². The fraction of sp³-hybridized carbons (Fsp3) is 0.538. The maximum Gasteiger partial charge on any atom is 0.250 e. The van der Waals surface area contributed by atoms with Crippen LogP contribution in [0.4, 0.5) is 0 Å². The molecule has 0 aromatic carbocycles. The van der Waals surface area contributed by atoms with Crippen LogP contribution in [0.25, 0.3) is 0 Å². The van der Waals surface area contributed by atoms with Crippen molar-refractivity contribution in [1.29, 1.82) is 0 Å². The van der Waals surface area contributed by atoms with E-state index in [1.54, 1.807) is 18.3 Å². The van der Waals surface area contributed by atoms with Crippen molar-refractivity contribution < 1.29 is 4.79 Å². The van der Waals surface area contributed by atoms with Crippen LogP contribution >= 0.6 is 0 Å². The number of amides is 1. The number of rotatable bonds is 2. The molecule has 0 spiro atoms. The van der Waals surface area contributed by atoms with Gasteiger partial charge in [-0.05, 0) is 18.9 Å². The molecule has 2 heterocycles. The predicted octanol–water partition coefficient (Wildman–Crippen LogP) is 1.25. The molecular weight excluding hydrogens is 216 g/mol. The molecule has 1 fully saturated rings. The average molecular weight is 234 g/mol. The number of nitrogens with zero attached hydrogens (tertiary/aromatic N) is 2. The zero-order valence-electron chi connectivity index (χ0n) is 9.97. The van der Waals surface area contributed by atoms with Gasteiger partial charge in [-0.2, -0.15) is 0 Å². The van der Waals surface area contributed by atoms with E-state index in [1.807, 2.05) is 4.90 Å². The summed E-state index contributed by atoms with van der Waals surface area (Å²) in [6, 6.07) is 4.95. The van der Waals surface area contributed by atoms with Gasteiger partial charge in [-0.25, -0.2) is 0 Å². The lowest BCUT2D eigenvalue weighted by atomic mass is 10.2. The number of hydrogen-bond acceptors (Lipinski definition) is 2. The topological polar surface area (TPSA) is 42.3 Å². The van der Waals surface area contributed by atoms with Crippen LogP contribution in [0, 0.1) is 0 Å². The molecule has 1 aliphatic rings. The smallest absolute Gasteiger partial charge is 0.250 e. The first kappa shape index (κ1) is 11.9. The van der Waals surface area contributed by atoms with Gasteiger partial charge in [0.2, 0.25) is 5.91 Å². The zero-order valence-corrected chi connectivity index (χ0v) is 9.97. The van der Waals surface area contributed by atoms with Crippen molar-refractivity contribution in [3.05, 3.63) is 34.7 Å². The highest BCUT2D eigenvalue weighted by atomic mass is 16.2. The normalized spacial score (nSPS) is 16.6. The predicted molar refractivity (Wildman–Crippen MR) is 65.8 cm³/mol. The van der Waals surface area contributed by atoms with Crippen LogP contribution in [0.5, 0.6) is 0 Å². The minimum absolute atomic E-state index is 0.0557. The molecule has 0 saturated carbocycles. The second kappa shape index (κ2) is 5.66. The molecule has 92 valence electrons.